The fourth-order valence-corrected chi connectivity index (χ4v) is 5.21. The maximum Gasteiger partial charge on any atom is 0.252 e. The Morgan fingerprint density at radius 3 is 2.83 bits per heavy atom. The summed E-state index contributed by atoms with van der Waals surface area (Å²) in [6.45, 7) is 3.45. The quantitative estimate of drug-likeness (QED) is 0.522. The molecule has 4 heteroatoms. The number of imide groups is 1. The van der Waals surface area contributed by atoms with Crippen LogP contribution < -0.4 is 0 Å². The average Bonchev–Trinajstić information content (AvgIpc) is 2.97. The molecule has 1 aliphatic heterocycles. The zero-order valence-corrected chi connectivity index (χ0v) is 10.1. The minimum atomic E-state index is -0.674. The van der Waals surface area contributed by atoms with Gasteiger partial charge < -0.3 is 0 Å². The molecule has 1 saturated heterocycles. The molecule has 3 aliphatic carbocycles. The van der Waals surface area contributed by atoms with E-state index in [1.165, 1.54) is 11.0 Å². The highest BCUT2D eigenvalue weighted by Crippen LogP contribution is 2.64. The molecule has 0 N–H and O–H groups in total. The third-order valence-electron chi connectivity index (χ3n) is 5.75. The van der Waals surface area contributed by atoms with Crippen LogP contribution in [-0.2, 0) is 9.59 Å². The number of fused-ring (bicyclic) bond motifs is 7. The van der Waals surface area contributed by atoms with Gasteiger partial charge >= 0.3 is 0 Å². The Hall–Kier alpha value is -1.19. The number of hydrogen-bond acceptors (Lipinski definition) is 2. The third kappa shape index (κ3) is 1.01. The van der Waals surface area contributed by atoms with Crippen molar-refractivity contribution in [3.05, 3.63) is 12.7 Å². The molecule has 2 amide bonds. The van der Waals surface area contributed by atoms with Crippen LogP contribution in [0.1, 0.15) is 19.3 Å². The molecular formula is C14H16FNO2. The van der Waals surface area contributed by atoms with Crippen molar-refractivity contribution in [1.29, 1.82) is 0 Å². The van der Waals surface area contributed by atoms with Gasteiger partial charge in [-0.3, -0.25) is 14.5 Å². The molecule has 2 bridgehead atoms. The van der Waals surface area contributed by atoms with Gasteiger partial charge in [0.2, 0.25) is 5.91 Å². The number of alkyl halides is 1. The van der Waals surface area contributed by atoms with Gasteiger partial charge in [-0.25, -0.2) is 4.39 Å². The molecule has 4 fully saturated rings. The van der Waals surface area contributed by atoms with Gasteiger partial charge in [-0.15, -0.1) is 0 Å². The Balaban J connectivity index is 1.65. The molecule has 4 aliphatic rings. The smallest absolute Gasteiger partial charge is 0.252 e. The molecular weight excluding hydrogens is 233 g/mol. The summed E-state index contributed by atoms with van der Waals surface area (Å²) < 4.78 is 13.8. The summed E-state index contributed by atoms with van der Waals surface area (Å²) >= 11 is 0. The molecule has 96 valence electrons. The van der Waals surface area contributed by atoms with Crippen LogP contribution in [0.3, 0.4) is 0 Å². The van der Waals surface area contributed by atoms with Crippen molar-refractivity contribution in [2.75, 3.05) is 0 Å². The zero-order chi connectivity index (χ0) is 12.6. The van der Waals surface area contributed by atoms with E-state index in [-0.39, 0.29) is 29.7 Å². The first-order valence-corrected chi connectivity index (χ1v) is 6.77. The fraction of sp³-hybridized carbons (Fsp3) is 0.714. The van der Waals surface area contributed by atoms with Crippen LogP contribution in [0.4, 0.5) is 4.39 Å². The first-order valence-electron chi connectivity index (χ1n) is 6.77. The standard InChI is InChI=1S/C14H16FNO2/c1-2-11(17)16-13-9(14(16)18)5-8-7-3-6(12(8)13)4-10(7)15/h2,6-10,12-13H,1,3-5H2. The third-order valence-corrected chi connectivity index (χ3v) is 5.75. The zero-order valence-electron chi connectivity index (χ0n) is 10.1. The number of carbonyl (C=O) groups excluding carboxylic acids is 2. The molecule has 0 radical (unpaired) electrons. The molecule has 0 aromatic carbocycles. The van der Waals surface area contributed by atoms with E-state index in [2.05, 4.69) is 6.58 Å². The number of nitrogens with zero attached hydrogens (tertiary/aromatic N) is 1. The Bertz CT molecular complexity index is 463. The second-order valence-electron chi connectivity index (χ2n) is 6.24. The van der Waals surface area contributed by atoms with Crippen LogP contribution in [0.5, 0.6) is 0 Å². The lowest BCUT2D eigenvalue weighted by Crippen LogP contribution is -2.63. The summed E-state index contributed by atoms with van der Waals surface area (Å²) in [5.41, 5.74) is 0. The van der Waals surface area contributed by atoms with Crippen molar-refractivity contribution < 1.29 is 14.0 Å². The van der Waals surface area contributed by atoms with E-state index in [0.717, 1.165) is 12.8 Å². The van der Waals surface area contributed by atoms with Crippen LogP contribution in [0.2, 0.25) is 0 Å². The van der Waals surface area contributed by atoms with Crippen LogP contribution in [-0.4, -0.2) is 28.9 Å². The van der Waals surface area contributed by atoms with E-state index in [9.17, 15) is 14.0 Å². The largest absolute Gasteiger partial charge is 0.275 e. The van der Waals surface area contributed by atoms with Gasteiger partial charge in [0.25, 0.3) is 5.91 Å². The molecule has 4 rings (SSSR count). The van der Waals surface area contributed by atoms with Gasteiger partial charge in [-0.05, 0) is 49.0 Å². The predicted molar refractivity (Wildman–Crippen MR) is 62.0 cm³/mol. The van der Waals surface area contributed by atoms with Crippen molar-refractivity contribution in [3.63, 3.8) is 0 Å². The highest BCUT2D eigenvalue weighted by atomic mass is 19.1. The van der Waals surface area contributed by atoms with Gasteiger partial charge in [0.1, 0.15) is 6.17 Å². The van der Waals surface area contributed by atoms with E-state index in [4.69, 9.17) is 0 Å². The molecule has 7 atom stereocenters. The number of rotatable bonds is 1. The van der Waals surface area contributed by atoms with Gasteiger partial charge in [0.15, 0.2) is 0 Å². The summed E-state index contributed by atoms with van der Waals surface area (Å²) in [5, 5.41) is 0. The van der Waals surface area contributed by atoms with Crippen molar-refractivity contribution in [1.82, 2.24) is 4.90 Å². The van der Waals surface area contributed by atoms with Crippen molar-refractivity contribution >= 4 is 11.8 Å². The highest BCUT2D eigenvalue weighted by Gasteiger charge is 2.68. The van der Waals surface area contributed by atoms with Gasteiger partial charge in [-0.2, -0.15) is 0 Å². The molecule has 3 nitrogen and oxygen atoms in total. The van der Waals surface area contributed by atoms with Crippen molar-refractivity contribution in [2.24, 2.45) is 29.6 Å². The highest BCUT2D eigenvalue weighted by molar-refractivity contribution is 6.06. The maximum atomic E-state index is 13.8. The van der Waals surface area contributed by atoms with Gasteiger partial charge in [0, 0.05) is 0 Å². The predicted octanol–water partition coefficient (Wildman–Crippen LogP) is 1.54. The van der Waals surface area contributed by atoms with E-state index in [0.29, 0.717) is 24.2 Å². The normalized spacial score (nSPS) is 51.9. The topological polar surface area (TPSA) is 37.4 Å². The lowest BCUT2D eigenvalue weighted by atomic mass is 9.77. The van der Waals surface area contributed by atoms with E-state index in [1.807, 2.05) is 0 Å². The van der Waals surface area contributed by atoms with E-state index in [1.54, 1.807) is 0 Å². The van der Waals surface area contributed by atoms with E-state index < -0.39 is 6.17 Å². The maximum absolute atomic E-state index is 13.8. The first kappa shape index (κ1) is 10.7. The SMILES string of the molecule is C=CC(=O)N1C(=O)C2CC3C4CC(CC4F)C3C21. The molecule has 1 heterocycles. The van der Waals surface area contributed by atoms with E-state index >= 15 is 0 Å². The number of halogens is 1. The monoisotopic (exact) mass is 249 g/mol. The molecule has 7 unspecified atom stereocenters. The fourth-order valence-electron chi connectivity index (χ4n) is 5.21. The lowest BCUT2D eigenvalue weighted by molar-refractivity contribution is -0.164. The van der Waals surface area contributed by atoms with Crippen LogP contribution in [0, 0.1) is 29.6 Å². The lowest BCUT2D eigenvalue weighted by Gasteiger charge is -2.45. The average molecular weight is 249 g/mol. The first-order chi connectivity index (χ1) is 8.63. The van der Waals surface area contributed by atoms with Gasteiger partial charge in [0.05, 0.1) is 12.0 Å². The van der Waals surface area contributed by atoms with Crippen LogP contribution in [0.25, 0.3) is 0 Å². The minimum absolute atomic E-state index is 0.0144. The number of β-lactam (4-membered cyclic amide) rings is 1. The van der Waals surface area contributed by atoms with Crippen LogP contribution >= 0.6 is 0 Å². The molecule has 0 aromatic rings. The summed E-state index contributed by atoms with van der Waals surface area (Å²) in [5.74, 6) is 0.890. The number of amides is 2. The second-order valence-corrected chi connectivity index (χ2v) is 6.24. The molecule has 0 spiro atoms. The van der Waals surface area contributed by atoms with Crippen LogP contribution in [0.15, 0.2) is 12.7 Å². The molecule has 3 saturated carbocycles. The molecule has 18 heavy (non-hydrogen) atoms. The summed E-state index contributed by atoms with van der Waals surface area (Å²) in [6.07, 6.45) is 2.94. The Morgan fingerprint density at radius 1 is 1.33 bits per heavy atom. The number of carbonyl (C=O) groups is 2. The Labute approximate surface area is 105 Å². The van der Waals surface area contributed by atoms with Crippen molar-refractivity contribution in [2.45, 2.75) is 31.5 Å². The number of likely N-dealkylation sites (tertiary alicyclic amines) is 1. The Morgan fingerprint density at radius 2 is 2.11 bits per heavy atom. The van der Waals surface area contributed by atoms with Crippen molar-refractivity contribution in [3.8, 4) is 0 Å². The summed E-state index contributed by atoms with van der Waals surface area (Å²) in [7, 11) is 0. The molecule has 0 aromatic heterocycles. The second kappa shape index (κ2) is 3.22. The van der Waals surface area contributed by atoms with Gasteiger partial charge in [-0.1, -0.05) is 6.58 Å². The summed E-state index contributed by atoms with van der Waals surface area (Å²) in [6, 6.07) is 0.0514. The number of hydrogen-bond donors (Lipinski definition) is 0. The minimum Gasteiger partial charge on any atom is -0.275 e. The Kier molecular flexibility index (Phi) is 1.92. The summed E-state index contributed by atoms with van der Waals surface area (Å²) in [4.78, 5) is 25.1.